The van der Waals surface area contributed by atoms with Gasteiger partial charge in [-0.15, -0.1) is 0 Å². The maximum Gasteiger partial charge on any atom is 0.165 e. The highest BCUT2D eigenvalue weighted by molar-refractivity contribution is 5.70. The molecule has 4 heterocycles. The highest BCUT2D eigenvalue weighted by Crippen LogP contribution is 2.54. The lowest BCUT2D eigenvalue weighted by Crippen LogP contribution is -2.47. The monoisotopic (exact) mass is 394 g/mol. The van der Waals surface area contributed by atoms with Crippen LogP contribution in [0.25, 0.3) is 0 Å². The summed E-state index contributed by atoms with van der Waals surface area (Å²) in [5.41, 5.74) is 3.65. The standard InChI is InChI=1S/C23H26N2O4/c1-24-6-7-26-16(12-24)13-25-14-23(17-4-2-3-5-19(17)25)15-29-20-11-22-21(10-18(20)23)27-8-9-28-22/h2-5,10-11,16H,6-9,12-15H2,1H3. The van der Waals surface area contributed by atoms with E-state index in [4.69, 9.17) is 18.9 Å². The van der Waals surface area contributed by atoms with Gasteiger partial charge >= 0.3 is 0 Å². The van der Waals surface area contributed by atoms with Crippen LogP contribution >= 0.6 is 0 Å². The number of para-hydroxylation sites is 1. The molecule has 0 radical (unpaired) electrons. The van der Waals surface area contributed by atoms with Crippen molar-refractivity contribution in [3.05, 3.63) is 47.5 Å². The van der Waals surface area contributed by atoms with Gasteiger partial charge in [-0.1, -0.05) is 18.2 Å². The molecular weight excluding hydrogens is 368 g/mol. The van der Waals surface area contributed by atoms with Crippen molar-refractivity contribution in [1.82, 2.24) is 4.90 Å². The molecule has 2 unspecified atom stereocenters. The van der Waals surface area contributed by atoms with E-state index >= 15 is 0 Å². The van der Waals surface area contributed by atoms with E-state index < -0.39 is 0 Å². The Morgan fingerprint density at radius 2 is 1.79 bits per heavy atom. The molecule has 29 heavy (non-hydrogen) atoms. The number of nitrogens with zero attached hydrogens (tertiary/aromatic N) is 2. The predicted octanol–water partition coefficient (Wildman–Crippen LogP) is 2.29. The van der Waals surface area contributed by atoms with Crippen LogP contribution in [0.2, 0.25) is 0 Å². The molecule has 1 spiro atoms. The van der Waals surface area contributed by atoms with Crippen LogP contribution in [0, 0.1) is 0 Å². The second kappa shape index (κ2) is 6.54. The fourth-order valence-electron chi connectivity index (χ4n) is 5.23. The summed E-state index contributed by atoms with van der Waals surface area (Å²) in [4.78, 5) is 4.83. The van der Waals surface area contributed by atoms with Gasteiger partial charge < -0.3 is 28.7 Å². The van der Waals surface area contributed by atoms with Crippen molar-refractivity contribution in [2.45, 2.75) is 11.5 Å². The molecule has 4 aliphatic rings. The molecular formula is C23H26N2O4. The van der Waals surface area contributed by atoms with Gasteiger partial charge in [0.25, 0.3) is 0 Å². The molecule has 2 aromatic carbocycles. The van der Waals surface area contributed by atoms with Crippen molar-refractivity contribution in [3.63, 3.8) is 0 Å². The Labute approximate surface area is 170 Å². The molecule has 6 rings (SSSR count). The first-order valence-corrected chi connectivity index (χ1v) is 10.4. The summed E-state index contributed by atoms with van der Waals surface area (Å²) >= 11 is 0. The summed E-state index contributed by atoms with van der Waals surface area (Å²) in [6, 6.07) is 12.9. The van der Waals surface area contributed by atoms with E-state index in [-0.39, 0.29) is 11.5 Å². The lowest BCUT2D eigenvalue weighted by Gasteiger charge is -2.34. The minimum atomic E-state index is -0.178. The van der Waals surface area contributed by atoms with Crippen LogP contribution in [0.3, 0.4) is 0 Å². The van der Waals surface area contributed by atoms with Gasteiger partial charge in [-0.05, 0) is 24.7 Å². The SMILES string of the molecule is CN1CCOC(CN2CC3(COc4cc5c(cc43)OCCO5)c3ccccc32)C1. The third-order valence-electron chi connectivity index (χ3n) is 6.62. The maximum atomic E-state index is 6.21. The molecule has 2 aromatic rings. The van der Waals surface area contributed by atoms with Crippen LogP contribution in [-0.4, -0.2) is 70.7 Å². The van der Waals surface area contributed by atoms with E-state index in [2.05, 4.69) is 47.2 Å². The zero-order valence-corrected chi connectivity index (χ0v) is 16.7. The van der Waals surface area contributed by atoms with Crippen LogP contribution in [0.15, 0.2) is 36.4 Å². The lowest BCUT2D eigenvalue weighted by atomic mass is 9.77. The first-order valence-electron chi connectivity index (χ1n) is 10.4. The van der Waals surface area contributed by atoms with Crippen LogP contribution in [0.4, 0.5) is 5.69 Å². The fraction of sp³-hybridized carbons (Fsp3) is 0.478. The van der Waals surface area contributed by atoms with Crippen molar-refractivity contribution in [1.29, 1.82) is 0 Å². The van der Waals surface area contributed by atoms with Crippen LogP contribution < -0.4 is 19.1 Å². The number of anilines is 1. The summed E-state index contributed by atoms with van der Waals surface area (Å²) in [7, 11) is 2.17. The zero-order valence-electron chi connectivity index (χ0n) is 16.7. The first-order chi connectivity index (χ1) is 14.2. The normalized spacial score (nSPS) is 27.6. The Morgan fingerprint density at radius 1 is 0.966 bits per heavy atom. The number of fused-ring (bicyclic) bond motifs is 5. The molecule has 1 fully saturated rings. The van der Waals surface area contributed by atoms with Gasteiger partial charge in [-0.2, -0.15) is 0 Å². The third-order valence-corrected chi connectivity index (χ3v) is 6.62. The topological polar surface area (TPSA) is 43.4 Å². The Morgan fingerprint density at radius 3 is 2.66 bits per heavy atom. The van der Waals surface area contributed by atoms with Crippen molar-refractivity contribution in [3.8, 4) is 17.2 Å². The van der Waals surface area contributed by atoms with Crippen LogP contribution in [0.5, 0.6) is 17.2 Å². The van der Waals surface area contributed by atoms with Crippen LogP contribution in [-0.2, 0) is 10.2 Å². The number of rotatable bonds is 2. The van der Waals surface area contributed by atoms with E-state index in [1.54, 1.807) is 0 Å². The maximum absolute atomic E-state index is 6.21. The van der Waals surface area contributed by atoms with Crippen molar-refractivity contribution in [2.24, 2.45) is 0 Å². The molecule has 4 aliphatic heterocycles. The third kappa shape index (κ3) is 2.69. The summed E-state index contributed by atoms with van der Waals surface area (Å²) in [6.45, 7) is 6.38. The molecule has 152 valence electrons. The number of likely N-dealkylation sites (N-methyl/N-ethyl adjacent to an activating group) is 1. The quantitative estimate of drug-likeness (QED) is 0.779. The molecule has 0 amide bonds. The number of hydrogen-bond acceptors (Lipinski definition) is 6. The Bertz CT molecular complexity index is 948. The summed E-state index contributed by atoms with van der Waals surface area (Å²) < 4.78 is 23.9. The van der Waals surface area contributed by atoms with Gasteiger partial charge in [0.15, 0.2) is 11.5 Å². The highest BCUT2D eigenvalue weighted by atomic mass is 16.6. The molecule has 6 heteroatoms. The van der Waals surface area contributed by atoms with Crippen molar-refractivity contribution >= 4 is 5.69 Å². The van der Waals surface area contributed by atoms with Gasteiger partial charge in [-0.3, -0.25) is 0 Å². The molecule has 0 aliphatic carbocycles. The van der Waals surface area contributed by atoms with Gasteiger partial charge in [-0.25, -0.2) is 0 Å². The second-order valence-electron chi connectivity index (χ2n) is 8.52. The Kier molecular flexibility index (Phi) is 3.93. The largest absolute Gasteiger partial charge is 0.492 e. The fourth-order valence-corrected chi connectivity index (χ4v) is 5.23. The first kappa shape index (κ1) is 17.4. The van der Waals surface area contributed by atoms with E-state index in [1.165, 1.54) is 16.8 Å². The van der Waals surface area contributed by atoms with E-state index in [1.807, 2.05) is 6.07 Å². The Balaban J connectivity index is 1.38. The Hall–Kier alpha value is -2.44. The smallest absolute Gasteiger partial charge is 0.165 e. The minimum absolute atomic E-state index is 0.178. The van der Waals surface area contributed by atoms with Gasteiger partial charge in [0, 0.05) is 43.5 Å². The average molecular weight is 394 g/mol. The highest BCUT2D eigenvalue weighted by Gasteiger charge is 2.50. The number of benzene rings is 2. The predicted molar refractivity (Wildman–Crippen MR) is 110 cm³/mol. The molecule has 0 bridgehead atoms. The molecule has 1 saturated heterocycles. The summed E-state index contributed by atoms with van der Waals surface area (Å²) in [5.74, 6) is 2.53. The van der Waals surface area contributed by atoms with Crippen molar-refractivity contribution < 1.29 is 18.9 Å². The van der Waals surface area contributed by atoms with Gasteiger partial charge in [0.05, 0.1) is 18.1 Å². The second-order valence-corrected chi connectivity index (χ2v) is 8.52. The molecule has 6 nitrogen and oxygen atoms in total. The molecule has 0 aromatic heterocycles. The van der Waals surface area contributed by atoms with Gasteiger partial charge in [0.2, 0.25) is 0 Å². The number of hydrogen-bond donors (Lipinski definition) is 0. The van der Waals surface area contributed by atoms with Crippen molar-refractivity contribution in [2.75, 3.05) is 64.6 Å². The van der Waals surface area contributed by atoms with E-state index in [0.717, 1.165) is 50.0 Å². The summed E-state index contributed by atoms with van der Waals surface area (Å²) in [5, 5.41) is 0. The number of morpholine rings is 1. The lowest BCUT2D eigenvalue weighted by molar-refractivity contribution is -0.0148. The van der Waals surface area contributed by atoms with Gasteiger partial charge in [0.1, 0.15) is 25.6 Å². The molecule has 0 N–H and O–H groups in total. The van der Waals surface area contributed by atoms with E-state index in [9.17, 15) is 0 Å². The molecule has 2 atom stereocenters. The molecule has 0 saturated carbocycles. The van der Waals surface area contributed by atoms with E-state index in [0.29, 0.717) is 19.8 Å². The zero-order chi connectivity index (χ0) is 19.4. The van der Waals surface area contributed by atoms with Crippen LogP contribution in [0.1, 0.15) is 11.1 Å². The minimum Gasteiger partial charge on any atom is -0.492 e. The number of ether oxygens (including phenoxy) is 4. The average Bonchev–Trinajstić information content (AvgIpc) is 3.25. The summed E-state index contributed by atoms with van der Waals surface area (Å²) in [6.07, 6.45) is 0.221.